The second-order valence-electron chi connectivity index (χ2n) is 4.69. The van der Waals surface area contributed by atoms with Crippen LogP contribution in [0, 0.1) is 5.82 Å². The standard InChI is InChI=1S/C12H14BrClFNO2/c1-12(2,3)18-11(17)16-6-7-4-5-8(13)9(14)10(7)15/h4-5H,6H2,1-3H3,(H,16,17). The maximum Gasteiger partial charge on any atom is 0.407 e. The van der Waals surface area contributed by atoms with Crippen LogP contribution in [0.1, 0.15) is 26.3 Å². The highest BCUT2D eigenvalue weighted by Gasteiger charge is 2.17. The second kappa shape index (κ2) is 5.89. The van der Waals surface area contributed by atoms with Crippen LogP contribution < -0.4 is 5.32 Å². The number of hydrogen-bond acceptors (Lipinski definition) is 2. The molecule has 0 atom stereocenters. The number of rotatable bonds is 2. The van der Waals surface area contributed by atoms with E-state index in [1.165, 1.54) is 0 Å². The summed E-state index contributed by atoms with van der Waals surface area (Å²) < 4.78 is 19.2. The van der Waals surface area contributed by atoms with Gasteiger partial charge in [-0.25, -0.2) is 9.18 Å². The minimum Gasteiger partial charge on any atom is -0.444 e. The van der Waals surface area contributed by atoms with Gasteiger partial charge in [-0.15, -0.1) is 0 Å². The van der Waals surface area contributed by atoms with E-state index in [4.69, 9.17) is 16.3 Å². The molecule has 0 saturated carbocycles. The molecule has 18 heavy (non-hydrogen) atoms. The molecule has 0 spiro atoms. The number of ether oxygens (including phenoxy) is 1. The molecular weight excluding hydrogens is 324 g/mol. The summed E-state index contributed by atoms with van der Waals surface area (Å²) in [6.45, 7) is 5.28. The zero-order chi connectivity index (χ0) is 13.9. The maximum atomic E-state index is 13.7. The van der Waals surface area contributed by atoms with Gasteiger partial charge in [0.05, 0.1) is 5.02 Å². The van der Waals surface area contributed by atoms with Crippen molar-refractivity contribution in [1.29, 1.82) is 0 Å². The van der Waals surface area contributed by atoms with Gasteiger partial charge in [0.25, 0.3) is 0 Å². The minimum atomic E-state index is -0.596. The van der Waals surface area contributed by atoms with Crippen LogP contribution in [0.3, 0.4) is 0 Å². The lowest BCUT2D eigenvalue weighted by atomic mass is 10.2. The van der Waals surface area contributed by atoms with Crippen LogP contribution in [0.25, 0.3) is 0 Å². The predicted octanol–water partition coefficient (Wildman–Crippen LogP) is 4.27. The fourth-order valence-corrected chi connectivity index (χ4v) is 1.67. The molecule has 0 radical (unpaired) electrons. The lowest BCUT2D eigenvalue weighted by Crippen LogP contribution is -2.32. The Kier molecular flexibility index (Phi) is 4.99. The molecule has 0 heterocycles. The van der Waals surface area contributed by atoms with Crippen LogP contribution in [0.5, 0.6) is 0 Å². The molecule has 1 aromatic carbocycles. The summed E-state index contributed by atoms with van der Waals surface area (Å²) in [4.78, 5) is 11.4. The zero-order valence-electron chi connectivity index (χ0n) is 10.3. The number of amides is 1. The average molecular weight is 339 g/mol. The molecule has 1 aromatic rings. The number of nitrogens with one attached hydrogen (secondary N) is 1. The first-order valence-electron chi connectivity index (χ1n) is 5.30. The Morgan fingerprint density at radius 2 is 2.11 bits per heavy atom. The molecule has 0 bridgehead atoms. The van der Waals surface area contributed by atoms with Crippen molar-refractivity contribution >= 4 is 33.6 Å². The second-order valence-corrected chi connectivity index (χ2v) is 5.92. The van der Waals surface area contributed by atoms with E-state index < -0.39 is 17.5 Å². The number of alkyl carbamates (subject to hydrolysis) is 1. The van der Waals surface area contributed by atoms with Crippen molar-refractivity contribution in [3.8, 4) is 0 Å². The van der Waals surface area contributed by atoms with E-state index in [0.717, 1.165) is 0 Å². The third-order valence-electron chi connectivity index (χ3n) is 1.94. The van der Waals surface area contributed by atoms with Gasteiger partial charge in [0.15, 0.2) is 0 Å². The molecule has 0 aliphatic carbocycles. The van der Waals surface area contributed by atoms with Crippen molar-refractivity contribution in [3.05, 3.63) is 33.0 Å². The smallest absolute Gasteiger partial charge is 0.407 e. The molecule has 0 aliphatic rings. The van der Waals surface area contributed by atoms with E-state index in [1.54, 1.807) is 32.9 Å². The van der Waals surface area contributed by atoms with E-state index in [1.807, 2.05) is 0 Å². The quantitative estimate of drug-likeness (QED) is 0.818. The SMILES string of the molecule is CC(C)(C)OC(=O)NCc1ccc(Br)c(Cl)c1F. The van der Waals surface area contributed by atoms with Crippen LogP contribution in [0.4, 0.5) is 9.18 Å². The van der Waals surface area contributed by atoms with Crippen molar-refractivity contribution in [1.82, 2.24) is 5.32 Å². The summed E-state index contributed by atoms with van der Waals surface area (Å²) in [6.07, 6.45) is -0.596. The van der Waals surface area contributed by atoms with Crippen LogP contribution in [0.15, 0.2) is 16.6 Å². The van der Waals surface area contributed by atoms with Crippen LogP contribution in [-0.2, 0) is 11.3 Å². The zero-order valence-corrected chi connectivity index (χ0v) is 12.7. The summed E-state index contributed by atoms with van der Waals surface area (Å²) in [5.41, 5.74) is -0.283. The Bertz CT molecular complexity index is 460. The minimum absolute atomic E-state index is 0.00140. The van der Waals surface area contributed by atoms with E-state index in [-0.39, 0.29) is 11.6 Å². The highest BCUT2D eigenvalue weighted by molar-refractivity contribution is 9.10. The van der Waals surface area contributed by atoms with Gasteiger partial charge in [-0.2, -0.15) is 0 Å². The fraction of sp³-hybridized carbons (Fsp3) is 0.417. The first kappa shape index (κ1) is 15.2. The predicted molar refractivity (Wildman–Crippen MR) is 72.2 cm³/mol. The van der Waals surface area contributed by atoms with Gasteiger partial charge >= 0.3 is 6.09 Å². The van der Waals surface area contributed by atoms with Crippen molar-refractivity contribution in [3.63, 3.8) is 0 Å². The molecule has 100 valence electrons. The van der Waals surface area contributed by atoms with E-state index >= 15 is 0 Å². The molecule has 0 fully saturated rings. The molecule has 0 unspecified atom stereocenters. The van der Waals surface area contributed by atoms with E-state index in [9.17, 15) is 9.18 Å². The molecular formula is C12H14BrClFNO2. The number of carbonyl (C=O) groups is 1. The lowest BCUT2D eigenvalue weighted by Gasteiger charge is -2.19. The third-order valence-corrected chi connectivity index (χ3v) is 3.20. The Balaban J connectivity index is 2.65. The lowest BCUT2D eigenvalue weighted by molar-refractivity contribution is 0.0523. The average Bonchev–Trinajstić information content (AvgIpc) is 2.22. The Morgan fingerprint density at radius 3 is 2.67 bits per heavy atom. The topological polar surface area (TPSA) is 38.3 Å². The molecule has 1 rings (SSSR count). The first-order chi connectivity index (χ1) is 8.20. The first-order valence-corrected chi connectivity index (χ1v) is 6.47. The Hall–Kier alpha value is -0.810. The van der Waals surface area contributed by atoms with Crippen molar-refractivity contribution in [2.75, 3.05) is 0 Å². The molecule has 0 aromatic heterocycles. The summed E-state index contributed by atoms with van der Waals surface area (Å²) in [7, 11) is 0. The fourth-order valence-electron chi connectivity index (χ4n) is 1.18. The number of hydrogen-bond donors (Lipinski definition) is 1. The van der Waals surface area contributed by atoms with Gasteiger partial charge < -0.3 is 10.1 Å². The monoisotopic (exact) mass is 337 g/mol. The number of halogens is 3. The molecule has 0 saturated heterocycles. The van der Waals surface area contributed by atoms with Crippen molar-refractivity contribution in [2.24, 2.45) is 0 Å². The summed E-state index contributed by atoms with van der Waals surface area (Å²) >= 11 is 8.85. The van der Waals surface area contributed by atoms with Gasteiger partial charge in [-0.05, 0) is 42.8 Å². The van der Waals surface area contributed by atoms with Crippen LogP contribution in [-0.4, -0.2) is 11.7 Å². The highest BCUT2D eigenvalue weighted by Crippen LogP contribution is 2.27. The Labute approximate surface area is 119 Å². The molecule has 6 heteroatoms. The van der Waals surface area contributed by atoms with Gasteiger partial charge in [0.2, 0.25) is 0 Å². The van der Waals surface area contributed by atoms with E-state index in [0.29, 0.717) is 10.0 Å². The molecule has 1 amide bonds. The third kappa shape index (κ3) is 4.46. The highest BCUT2D eigenvalue weighted by atomic mass is 79.9. The maximum absolute atomic E-state index is 13.7. The van der Waals surface area contributed by atoms with Gasteiger partial charge in [0, 0.05) is 16.6 Å². The van der Waals surface area contributed by atoms with Crippen molar-refractivity contribution in [2.45, 2.75) is 32.9 Å². The summed E-state index contributed by atoms with van der Waals surface area (Å²) in [6, 6.07) is 3.17. The molecule has 3 nitrogen and oxygen atoms in total. The molecule has 0 aliphatic heterocycles. The van der Waals surface area contributed by atoms with Crippen molar-refractivity contribution < 1.29 is 13.9 Å². The van der Waals surface area contributed by atoms with Crippen LogP contribution >= 0.6 is 27.5 Å². The summed E-state index contributed by atoms with van der Waals surface area (Å²) in [5, 5.41) is 2.47. The van der Waals surface area contributed by atoms with E-state index in [2.05, 4.69) is 21.2 Å². The normalized spacial score (nSPS) is 11.2. The summed E-state index contributed by atoms with van der Waals surface area (Å²) in [5.74, 6) is -0.554. The van der Waals surface area contributed by atoms with Gasteiger partial charge in [0.1, 0.15) is 11.4 Å². The largest absolute Gasteiger partial charge is 0.444 e. The van der Waals surface area contributed by atoms with Gasteiger partial charge in [-0.3, -0.25) is 0 Å². The molecule has 1 N–H and O–H groups in total. The van der Waals surface area contributed by atoms with Crippen LogP contribution in [0.2, 0.25) is 5.02 Å². The Morgan fingerprint density at radius 1 is 1.50 bits per heavy atom. The van der Waals surface area contributed by atoms with Gasteiger partial charge in [-0.1, -0.05) is 17.7 Å². The number of benzene rings is 1. The number of carbonyl (C=O) groups excluding carboxylic acids is 1.